The maximum Gasteiger partial charge on any atom is 0.238 e. The summed E-state index contributed by atoms with van der Waals surface area (Å²) in [7, 11) is -3.67. The number of piperidine rings is 1. The summed E-state index contributed by atoms with van der Waals surface area (Å²) in [5.74, 6) is 0.369. The molecule has 0 saturated carbocycles. The van der Waals surface area contributed by atoms with Gasteiger partial charge in [0.1, 0.15) is 12.4 Å². The molecule has 1 saturated heterocycles. The van der Waals surface area contributed by atoms with E-state index in [1.165, 1.54) is 12.1 Å². The van der Waals surface area contributed by atoms with E-state index in [2.05, 4.69) is 4.90 Å². The van der Waals surface area contributed by atoms with Crippen molar-refractivity contribution in [3.8, 4) is 5.75 Å². The fourth-order valence-electron chi connectivity index (χ4n) is 2.46. The lowest BCUT2D eigenvalue weighted by atomic mass is 9.96. The van der Waals surface area contributed by atoms with E-state index in [4.69, 9.17) is 15.6 Å². The Balaban J connectivity index is 1.74. The normalized spacial score (nSPS) is 17.3. The van der Waals surface area contributed by atoms with Crippen molar-refractivity contribution in [2.45, 2.75) is 17.7 Å². The third kappa shape index (κ3) is 4.69. The van der Waals surface area contributed by atoms with Crippen molar-refractivity contribution in [3.05, 3.63) is 24.3 Å². The highest BCUT2D eigenvalue weighted by Crippen LogP contribution is 2.17. The van der Waals surface area contributed by atoms with E-state index in [1.807, 2.05) is 0 Å². The fourth-order valence-corrected chi connectivity index (χ4v) is 2.97. The second kappa shape index (κ2) is 7.08. The number of rotatable bonds is 6. The number of carbonyl (C=O) groups excluding carboxylic acids is 1. The predicted octanol–water partition coefficient (Wildman–Crippen LogP) is -0.0899. The van der Waals surface area contributed by atoms with E-state index < -0.39 is 10.0 Å². The molecule has 8 heteroatoms. The van der Waals surface area contributed by atoms with E-state index in [0.29, 0.717) is 12.4 Å². The van der Waals surface area contributed by atoms with Gasteiger partial charge in [-0.25, -0.2) is 13.6 Å². The quantitative estimate of drug-likeness (QED) is 0.757. The predicted molar refractivity (Wildman–Crippen MR) is 81.7 cm³/mol. The number of ether oxygens (including phenoxy) is 1. The zero-order valence-corrected chi connectivity index (χ0v) is 13.1. The van der Waals surface area contributed by atoms with Crippen LogP contribution in [0, 0.1) is 5.92 Å². The zero-order valence-electron chi connectivity index (χ0n) is 12.3. The molecule has 1 aromatic rings. The van der Waals surface area contributed by atoms with Crippen LogP contribution in [0.15, 0.2) is 29.2 Å². The van der Waals surface area contributed by atoms with Crippen LogP contribution >= 0.6 is 0 Å². The maximum absolute atomic E-state index is 11.1. The van der Waals surface area contributed by atoms with Crippen LogP contribution in [0.2, 0.25) is 0 Å². The summed E-state index contributed by atoms with van der Waals surface area (Å²) in [6.07, 6.45) is 1.58. The summed E-state index contributed by atoms with van der Waals surface area (Å²) in [4.78, 5) is 13.4. The molecular formula is C14H21N3O4S. The SMILES string of the molecule is NC(=O)C1CCN(CCOc2ccc(S(N)(=O)=O)cc2)CC1. The van der Waals surface area contributed by atoms with Gasteiger partial charge < -0.3 is 10.5 Å². The molecule has 7 nitrogen and oxygen atoms in total. The lowest BCUT2D eigenvalue weighted by Gasteiger charge is -2.30. The Morgan fingerprint density at radius 1 is 1.23 bits per heavy atom. The Bertz CT molecular complexity index is 607. The van der Waals surface area contributed by atoms with Gasteiger partial charge in [0.2, 0.25) is 15.9 Å². The molecule has 1 aliphatic heterocycles. The molecule has 1 aromatic carbocycles. The van der Waals surface area contributed by atoms with E-state index in [0.717, 1.165) is 32.5 Å². The smallest absolute Gasteiger partial charge is 0.238 e. The van der Waals surface area contributed by atoms with Crippen LogP contribution < -0.4 is 15.6 Å². The van der Waals surface area contributed by atoms with Gasteiger partial charge in [0.15, 0.2) is 0 Å². The monoisotopic (exact) mass is 327 g/mol. The van der Waals surface area contributed by atoms with Gasteiger partial charge in [-0.05, 0) is 50.2 Å². The highest BCUT2D eigenvalue weighted by atomic mass is 32.2. The Morgan fingerprint density at radius 2 is 1.82 bits per heavy atom. The lowest BCUT2D eigenvalue weighted by Crippen LogP contribution is -2.40. The molecule has 0 unspecified atom stereocenters. The van der Waals surface area contributed by atoms with Crippen LogP contribution in [-0.2, 0) is 14.8 Å². The molecule has 2 rings (SSSR count). The van der Waals surface area contributed by atoms with Crippen molar-refractivity contribution in [2.75, 3.05) is 26.2 Å². The topological polar surface area (TPSA) is 116 Å². The van der Waals surface area contributed by atoms with E-state index in [1.54, 1.807) is 12.1 Å². The van der Waals surface area contributed by atoms with Crippen molar-refractivity contribution < 1.29 is 17.9 Å². The Morgan fingerprint density at radius 3 is 2.32 bits per heavy atom. The minimum atomic E-state index is -3.67. The highest BCUT2D eigenvalue weighted by molar-refractivity contribution is 7.89. The van der Waals surface area contributed by atoms with Crippen LogP contribution in [0.25, 0.3) is 0 Å². The molecule has 0 aromatic heterocycles. The van der Waals surface area contributed by atoms with E-state index in [-0.39, 0.29) is 16.7 Å². The molecule has 0 atom stereocenters. The number of sulfonamides is 1. The van der Waals surface area contributed by atoms with Gasteiger partial charge in [0.05, 0.1) is 4.90 Å². The number of benzene rings is 1. The number of hydrogen-bond acceptors (Lipinski definition) is 5. The van der Waals surface area contributed by atoms with Crippen LogP contribution in [0.3, 0.4) is 0 Å². The molecule has 122 valence electrons. The Hall–Kier alpha value is -1.64. The van der Waals surface area contributed by atoms with Crippen LogP contribution in [0.4, 0.5) is 0 Å². The number of nitrogens with two attached hydrogens (primary N) is 2. The molecule has 0 spiro atoms. The number of primary sulfonamides is 1. The highest BCUT2D eigenvalue weighted by Gasteiger charge is 2.22. The van der Waals surface area contributed by atoms with Crippen molar-refractivity contribution in [1.82, 2.24) is 4.90 Å². The summed E-state index contributed by atoms with van der Waals surface area (Å²) in [6.45, 7) is 2.92. The van der Waals surface area contributed by atoms with Gasteiger partial charge in [-0.2, -0.15) is 0 Å². The van der Waals surface area contributed by atoms with Crippen molar-refractivity contribution in [2.24, 2.45) is 16.8 Å². The number of hydrogen-bond donors (Lipinski definition) is 2. The summed E-state index contributed by atoms with van der Waals surface area (Å²) in [6, 6.07) is 6.00. The van der Waals surface area contributed by atoms with E-state index in [9.17, 15) is 13.2 Å². The standard InChI is InChI=1S/C14H21N3O4S/c15-14(18)11-5-7-17(8-6-11)9-10-21-12-1-3-13(4-2-12)22(16,19)20/h1-4,11H,5-10H2,(H2,15,18)(H2,16,19,20). The number of carbonyl (C=O) groups is 1. The van der Waals surface area contributed by atoms with Crippen LogP contribution in [-0.4, -0.2) is 45.5 Å². The second-order valence-corrected chi connectivity index (χ2v) is 6.94. The molecule has 4 N–H and O–H groups in total. The summed E-state index contributed by atoms with van der Waals surface area (Å²) in [5.41, 5.74) is 5.30. The molecule has 1 heterocycles. The van der Waals surface area contributed by atoms with Crippen molar-refractivity contribution in [1.29, 1.82) is 0 Å². The molecular weight excluding hydrogens is 306 g/mol. The average molecular weight is 327 g/mol. The van der Waals surface area contributed by atoms with E-state index >= 15 is 0 Å². The fraction of sp³-hybridized carbons (Fsp3) is 0.500. The first kappa shape index (κ1) is 16.7. The van der Waals surface area contributed by atoms with Gasteiger partial charge in [-0.1, -0.05) is 0 Å². The first-order valence-corrected chi connectivity index (χ1v) is 8.68. The number of likely N-dealkylation sites (tertiary alicyclic amines) is 1. The second-order valence-electron chi connectivity index (χ2n) is 5.38. The minimum Gasteiger partial charge on any atom is -0.492 e. The summed E-state index contributed by atoms with van der Waals surface area (Å²) in [5, 5.41) is 5.03. The van der Waals surface area contributed by atoms with Crippen molar-refractivity contribution in [3.63, 3.8) is 0 Å². The van der Waals surface area contributed by atoms with Crippen LogP contribution in [0.1, 0.15) is 12.8 Å². The van der Waals surface area contributed by atoms with Gasteiger partial charge >= 0.3 is 0 Å². The van der Waals surface area contributed by atoms with Gasteiger partial charge in [-0.15, -0.1) is 0 Å². The first-order chi connectivity index (χ1) is 10.4. The third-order valence-corrected chi connectivity index (χ3v) is 4.75. The summed E-state index contributed by atoms with van der Waals surface area (Å²) >= 11 is 0. The lowest BCUT2D eigenvalue weighted by molar-refractivity contribution is -0.123. The van der Waals surface area contributed by atoms with Crippen molar-refractivity contribution >= 4 is 15.9 Å². The molecule has 1 fully saturated rings. The maximum atomic E-state index is 11.1. The summed E-state index contributed by atoms with van der Waals surface area (Å²) < 4.78 is 27.9. The molecule has 0 aliphatic carbocycles. The number of primary amides is 1. The molecule has 0 bridgehead atoms. The zero-order chi connectivity index (χ0) is 16.2. The van der Waals surface area contributed by atoms with Gasteiger partial charge in [0, 0.05) is 12.5 Å². The minimum absolute atomic E-state index is 0.0112. The molecule has 0 radical (unpaired) electrons. The number of nitrogens with zero attached hydrogens (tertiary/aromatic N) is 1. The molecule has 22 heavy (non-hydrogen) atoms. The third-order valence-electron chi connectivity index (χ3n) is 3.82. The Kier molecular flexibility index (Phi) is 5.38. The first-order valence-electron chi connectivity index (χ1n) is 7.13. The Labute approximate surface area is 130 Å². The molecule has 1 aliphatic rings. The van der Waals surface area contributed by atoms with Gasteiger partial charge in [-0.3, -0.25) is 9.69 Å². The average Bonchev–Trinajstić information content (AvgIpc) is 2.47. The molecule has 1 amide bonds. The largest absolute Gasteiger partial charge is 0.492 e. The van der Waals surface area contributed by atoms with Gasteiger partial charge in [0.25, 0.3) is 0 Å². The van der Waals surface area contributed by atoms with Crippen LogP contribution in [0.5, 0.6) is 5.75 Å². The number of amides is 1.